The van der Waals surface area contributed by atoms with Crippen molar-refractivity contribution in [1.29, 1.82) is 5.26 Å². The van der Waals surface area contributed by atoms with E-state index < -0.39 is 0 Å². The van der Waals surface area contributed by atoms with Gasteiger partial charge in [-0.3, -0.25) is 4.90 Å². The van der Waals surface area contributed by atoms with Gasteiger partial charge in [0.1, 0.15) is 0 Å². The van der Waals surface area contributed by atoms with Crippen LogP contribution in [0.5, 0.6) is 0 Å². The third-order valence-electron chi connectivity index (χ3n) is 4.41. The molecule has 0 radical (unpaired) electrons. The molecule has 0 saturated carbocycles. The van der Waals surface area contributed by atoms with E-state index >= 15 is 0 Å². The summed E-state index contributed by atoms with van der Waals surface area (Å²) in [5.41, 5.74) is 2.23. The van der Waals surface area contributed by atoms with E-state index in [2.05, 4.69) is 31.1 Å². The molecule has 1 fully saturated rings. The van der Waals surface area contributed by atoms with Gasteiger partial charge < -0.3 is 0 Å². The van der Waals surface area contributed by atoms with E-state index in [9.17, 15) is 0 Å². The molecule has 0 bridgehead atoms. The predicted octanol–water partition coefficient (Wildman–Crippen LogP) is 5.54. The lowest BCUT2D eigenvalue weighted by atomic mass is 9.78. The van der Waals surface area contributed by atoms with Crippen LogP contribution in [-0.4, -0.2) is 24.5 Å². The van der Waals surface area contributed by atoms with E-state index in [-0.39, 0.29) is 5.41 Å². The summed E-state index contributed by atoms with van der Waals surface area (Å²) in [7, 11) is 0. The monoisotopic (exact) mass is 346 g/mol. The van der Waals surface area contributed by atoms with Crippen molar-refractivity contribution in [2.75, 3.05) is 19.6 Å². The van der Waals surface area contributed by atoms with Crippen molar-refractivity contribution in [1.82, 2.24) is 4.90 Å². The number of hydrogen-bond donors (Lipinski definition) is 0. The number of hydrogen-bond acceptors (Lipinski definition) is 3. The van der Waals surface area contributed by atoms with E-state index in [0.717, 1.165) is 52.8 Å². The van der Waals surface area contributed by atoms with Gasteiger partial charge in [0.05, 0.1) is 10.4 Å². The topological polar surface area (TPSA) is 27.0 Å². The standard InChI is InChI=1S/C19H23ClN2S/c1-15(4-5-16(2)17-6-7-18(20)23-17)14-22-12-9-19(3,8-11-21)10-13-22/h4-7H,1-2,8-10,12-14H2,3H3/b5-4-. The summed E-state index contributed by atoms with van der Waals surface area (Å²) in [6, 6.07) is 6.20. The van der Waals surface area contributed by atoms with E-state index in [1.807, 2.05) is 24.3 Å². The normalized spacial score (nSPS) is 18.0. The van der Waals surface area contributed by atoms with Gasteiger partial charge in [-0.05, 0) is 54.6 Å². The molecule has 0 aliphatic carbocycles. The van der Waals surface area contributed by atoms with Gasteiger partial charge >= 0.3 is 0 Å². The van der Waals surface area contributed by atoms with Crippen LogP contribution in [0.1, 0.15) is 31.1 Å². The van der Waals surface area contributed by atoms with Crippen LogP contribution in [0.15, 0.2) is 43.0 Å². The lowest BCUT2D eigenvalue weighted by Crippen LogP contribution is -2.39. The Labute approximate surface area is 148 Å². The largest absolute Gasteiger partial charge is 0.299 e. The number of nitrogens with zero attached hydrogens (tertiary/aromatic N) is 2. The molecule has 1 aromatic rings. The Morgan fingerprint density at radius 2 is 2.09 bits per heavy atom. The van der Waals surface area contributed by atoms with E-state index in [1.165, 1.54) is 11.3 Å². The molecular weight excluding hydrogens is 324 g/mol. The first-order chi connectivity index (χ1) is 10.9. The van der Waals surface area contributed by atoms with E-state index in [0.29, 0.717) is 6.42 Å². The maximum absolute atomic E-state index is 8.91. The summed E-state index contributed by atoms with van der Waals surface area (Å²) in [5, 5.41) is 8.91. The fourth-order valence-electron chi connectivity index (χ4n) is 2.75. The molecule has 1 aromatic heterocycles. The average Bonchev–Trinajstić information content (AvgIpc) is 2.94. The third-order valence-corrected chi connectivity index (χ3v) is 5.71. The molecule has 2 heterocycles. The van der Waals surface area contributed by atoms with Gasteiger partial charge in [0.25, 0.3) is 0 Å². The highest BCUT2D eigenvalue weighted by Gasteiger charge is 2.29. The van der Waals surface area contributed by atoms with Gasteiger partial charge in [-0.1, -0.05) is 43.8 Å². The van der Waals surface area contributed by atoms with Crippen molar-refractivity contribution in [2.45, 2.75) is 26.2 Å². The second kappa shape index (κ2) is 7.97. The van der Waals surface area contributed by atoms with Crippen LogP contribution in [0.2, 0.25) is 4.34 Å². The molecule has 0 atom stereocenters. The Morgan fingerprint density at radius 3 is 2.65 bits per heavy atom. The van der Waals surface area contributed by atoms with Gasteiger partial charge in [0.15, 0.2) is 0 Å². The Bertz CT molecular complexity index is 643. The predicted molar refractivity (Wildman–Crippen MR) is 101 cm³/mol. The lowest BCUT2D eigenvalue weighted by molar-refractivity contribution is 0.130. The van der Waals surface area contributed by atoms with Gasteiger partial charge in [-0.2, -0.15) is 5.26 Å². The number of thiophene rings is 1. The zero-order chi connectivity index (χ0) is 16.9. The van der Waals surface area contributed by atoms with Crippen molar-refractivity contribution in [3.05, 3.63) is 52.2 Å². The molecule has 1 aliphatic rings. The van der Waals surface area contributed by atoms with Gasteiger partial charge in [-0.25, -0.2) is 0 Å². The Hall–Kier alpha value is -1.34. The molecule has 1 aliphatic heterocycles. The first kappa shape index (κ1) is 18.0. The summed E-state index contributed by atoms with van der Waals surface area (Å²) < 4.78 is 0.780. The highest BCUT2D eigenvalue weighted by molar-refractivity contribution is 7.17. The molecule has 0 amide bonds. The quantitative estimate of drug-likeness (QED) is 0.632. The summed E-state index contributed by atoms with van der Waals surface area (Å²) >= 11 is 7.49. The minimum Gasteiger partial charge on any atom is -0.299 e. The molecule has 0 unspecified atom stereocenters. The molecule has 122 valence electrons. The number of nitriles is 1. The minimum absolute atomic E-state index is 0.190. The van der Waals surface area contributed by atoms with Crippen LogP contribution in [0.4, 0.5) is 0 Å². The smallest absolute Gasteiger partial charge is 0.0934 e. The fourth-order valence-corrected chi connectivity index (χ4v) is 3.74. The summed E-state index contributed by atoms with van der Waals surface area (Å²) in [5.74, 6) is 0. The minimum atomic E-state index is 0.190. The second-order valence-electron chi connectivity index (χ2n) is 6.54. The molecule has 23 heavy (non-hydrogen) atoms. The van der Waals surface area contributed by atoms with Crippen molar-refractivity contribution in [2.24, 2.45) is 5.41 Å². The zero-order valence-corrected chi connectivity index (χ0v) is 15.2. The average molecular weight is 347 g/mol. The van der Waals surface area contributed by atoms with Gasteiger partial charge in [0.2, 0.25) is 0 Å². The second-order valence-corrected chi connectivity index (χ2v) is 8.26. The molecule has 0 spiro atoms. The molecule has 4 heteroatoms. The van der Waals surface area contributed by atoms with Crippen LogP contribution in [-0.2, 0) is 0 Å². The summed E-state index contributed by atoms with van der Waals surface area (Å²) in [6.07, 6.45) is 6.87. The highest BCUT2D eigenvalue weighted by Crippen LogP contribution is 2.34. The summed E-state index contributed by atoms with van der Waals surface area (Å²) in [4.78, 5) is 3.50. The van der Waals surface area contributed by atoms with Crippen LogP contribution >= 0.6 is 22.9 Å². The highest BCUT2D eigenvalue weighted by atomic mass is 35.5. The number of likely N-dealkylation sites (tertiary alicyclic amines) is 1. The van der Waals surface area contributed by atoms with Crippen molar-refractivity contribution < 1.29 is 0 Å². The SMILES string of the molecule is C=C(/C=C\C(=C)c1ccc(Cl)s1)CN1CCC(C)(CC#N)CC1. The first-order valence-corrected chi connectivity index (χ1v) is 9.01. The van der Waals surface area contributed by atoms with Crippen molar-refractivity contribution >= 4 is 28.5 Å². The Morgan fingerprint density at radius 1 is 1.39 bits per heavy atom. The molecule has 0 N–H and O–H groups in total. The third kappa shape index (κ3) is 5.35. The number of allylic oxidation sites excluding steroid dienone is 2. The maximum atomic E-state index is 8.91. The Balaban J connectivity index is 1.81. The molecule has 2 nitrogen and oxygen atoms in total. The zero-order valence-electron chi connectivity index (χ0n) is 13.6. The number of rotatable bonds is 6. The first-order valence-electron chi connectivity index (χ1n) is 7.82. The van der Waals surface area contributed by atoms with Crippen molar-refractivity contribution in [3.8, 4) is 6.07 Å². The molecule has 2 rings (SSSR count). The molecule has 0 aromatic carbocycles. The maximum Gasteiger partial charge on any atom is 0.0934 e. The van der Waals surface area contributed by atoms with Crippen molar-refractivity contribution in [3.63, 3.8) is 0 Å². The van der Waals surface area contributed by atoms with Crippen LogP contribution < -0.4 is 0 Å². The van der Waals surface area contributed by atoms with Gasteiger partial charge in [-0.15, -0.1) is 11.3 Å². The lowest BCUT2D eigenvalue weighted by Gasteiger charge is -2.38. The summed E-state index contributed by atoms with van der Waals surface area (Å²) in [6.45, 7) is 13.4. The van der Waals surface area contributed by atoms with Gasteiger partial charge in [0, 0.05) is 17.8 Å². The van der Waals surface area contributed by atoms with E-state index in [4.69, 9.17) is 16.9 Å². The number of halogens is 1. The van der Waals surface area contributed by atoms with Crippen LogP contribution in [0.25, 0.3) is 5.57 Å². The molecule has 1 saturated heterocycles. The Kier molecular flexibility index (Phi) is 6.24. The molecular formula is C19H23ClN2S. The van der Waals surface area contributed by atoms with Crippen LogP contribution in [0, 0.1) is 16.7 Å². The van der Waals surface area contributed by atoms with Crippen LogP contribution in [0.3, 0.4) is 0 Å². The van der Waals surface area contributed by atoms with E-state index in [1.54, 1.807) is 0 Å². The fraction of sp³-hybridized carbons (Fsp3) is 0.421. The number of piperidine rings is 1.